The zero-order valence-corrected chi connectivity index (χ0v) is 44.9. The topological polar surface area (TPSA) is 78.9 Å². The number of hydrogen-bond donors (Lipinski definition) is 0. The molecule has 0 aliphatic rings. The molecule has 67 heavy (non-hydrogen) atoms. The van der Waals surface area contributed by atoms with Crippen molar-refractivity contribution in [3.8, 4) is 0 Å². The van der Waals surface area contributed by atoms with E-state index in [1.807, 2.05) is 0 Å². The molecular formula is C61H112O6. The van der Waals surface area contributed by atoms with E-state index in [-0.39, 0.29) is 31.1 Å². The summed E-state index contributed by atoms with van der Waals surface area (Å²) in [5, 5.41) is 0. The summed E-state index contributed by atoms with van der Waals surface area (Å²) >= 11 is 0. The van der Waals surface area contributed by atoms with Crippen LogP contribution in [-0.4, -0.2) is 37.2 Å². The molecule has 0 heterocycles. The Morgan fingerprint density at radius 3 is 0.836 bits per heavy atom. The number of esters is 3. The Labute approximate surface area is 416 Å². The molecular weight excluding hydrogens is 829 g/mol. The first kappa shape index (κ1) is 64.6. The summed E-state index contributed by atoms with van der Waals surface area (Å²) in [7, 11) is 0. The number of carbonyl (C=O) groups is 3. The number of hydrogen-bond acceptors (Lipinski definition) is 6. The van der Waals surface area contributed by atoms with Crippen LogP contribution >= 0.6 is 0 Å². The SMILES string of the molecule is CCCCCCC/C=C\C/C=C\C/C=C\CCCCCCCCCCCCCCCCC(=O)OCC(COC(=O)CCCCCCCCC)OC(=O)CCCCCCCCCCCCCCC. The van der Waals surface area contributed by atoms with Crippen LogP contribution in [0.1, 0.15) is 316 Å². The Hall–Kier alpha value is -2.37. The van der Waals surface area contributed by atoms with Crippen LogP contribution in [0.2, 0.25) is 0 Å². The van der Waals surface area contributed by atoms with Crippen molar-refractivity contribution in [2.75, 3.05) is 13.2 Å². The van der Waals surface area contributed by atoms with Gasteiger partial charge in [-0.1, -0.05) is 276 Å². The monoisotopic (exact) mass is 941 g/mol. The number of rotatable bonds is 54. The van der Waals surface area contributed by atoms with Crippen molar-refractivity contribution in [3.05, 3.63) is 36.5 Å². The minimum atomic E-state index is -0.764. The van der Waals surface area contributed by atoms with Crippen molar-refractivity contribution in [2.24, 2.45) is 0 Å². The lowest BCUT2D eigenvalue weighted by Gasteiger charge is -2.18. The van der Waals surface area contributed by atoms with Gasteiger partial charge in [-0.2, -0.15) is 0 Å². The first-order valence-corrected chi connectivity index (χ1v) is 29.5. The van der Waals surface area contributed by atoms with Gasteiger partial charge in [-0.05, 0) is 57.8 Å². The minimum absolute atomic E-state index is 0.0677. The minimum Gasteiger partial charge on any atom is -0.462 e. The number of ether oxygens (including phenoxy) is 3. The molecule has 392 valence electrons. The summed E-state index contributed by atoms with van der Waals surface area (Å²) in [6, 6.07) is 0. The Balaban J connectivity index is 4.03. The first-order chi connectivity index (χ1) is 33.0. The number of allylic oxidation sites excluding steroid dienone is 6. The van der Waals surface area contributed by atoms with E-state index >= 15 is 0 Å². The van der Waals surface area contributed by atoms with Crippen molar-refractivity contribution < 1.29 is 28.6 Å². The standard InChI is InChI=1S/C61H112O6/c1-4-7-10-13-16-18-20-22-23-24-25-26-27-28-29-30-31-32-33-34-35-36-37-39-40-42-45-48-51-54-60(63)66-57-58(56-65-59(62)53-50-47-44-15-12-9-6-3)67-61(64)55-52-49-46-43-41-38-21-19-17-14-11-8-5-2/h20,22,24-25,27-28,58H,4-19,21,23,26,29-57H2,1-3H3/b22-20-,25-24-,28-27-. The maximum atomic E-state index is 12.8. The van der Waals surface area contributed by atoms with Gasteiger partial charge in [0, 0.05) is 19.3 Å². The normalized spacial score (nSPS) is 12.2. The average molecular weight is 942 g/mol. The van der Waals surface area contributed by atoms with E-state index in [1.165, 1.54) is 205 Å². The Morgan fingerprint density at radius 2 is 0.537 bits per heavy atom. The highest BCUT2D eigenvalue weighted by atomic mass is 16.6. The van der Waals surface area contributed by atoms with Crippen LogP contribution in [0.15, 0.2) is 36.5 Å². The van der Waals surface area contributed by atoms with E-state index in [9.17, 15) is 14.4 Å². The highest BCUT2D eigenvalue weighted by Gasteiger charge is 2.19. The third-order valence-electron chi connectivity index (χ3n) is 13.1. The highest BCUT2D eigenvalue weighted by Crippen LogP contribution is 2.17. The van der Waals surface area contributed by atoms with Crippen molar-refractivity contribution in [1.29, 1.82) is 0 Å². The van der Waals surface area contributed by atoms with E-state index < -0.39 is 6.10 Å². The Morgan fingerprint density at radius 1 is 0.299 bits per heavy atom. The van der Waals surface area contributed by atoms with Crippen LogP contribution in [0.25, 0.3) is 0 Å². The van der Waals surface area contributed by atoms with E-state index in [4.69, 9.17) is 14.2 Å². The molecule has 0 radical (unpaired) electrons. The Kier molecular flexibility index (Phi) is 54.2. The van der Waals surface area contributed by atoms with E-state index in [0.29, 0.717) is 19.3 Å². The second-order valence-electron chi connectivity index (χ2n) is 19.9. The molecule has 1 atom stereocenters. The van der Waals surface area contributed by atoms with Crippen LogP contribution in [0, 0.1) is 0 Å². The molecule has 0 aliphatic carbocycles. The smallest absolute Gasteiger partial charge is 0.306 e. The number of unbranched alkanes of at least 4 members (excludes halogenated alkanes) is 37. The lowest BCUT2D eigenvalue weighted by atomic mass is 10.0. The van der Waals surface area contributed by atoms with Gasteiger partial charge in [0.15, 0.2) is 6.10 Å². The summed E-state index contributed by atoms with van der Waals surface area (Å²) in [5.74, 6) is -0.859. The molecule has 0 aromatic rings. The van der Waals surface area contributed by atoms with Crippen LogP contribution in [-0.2, 0) is 28.6 Å². The molecule has 0 saturated carbocycles. The van der Waals surface area contributed by atoms with Gasteiger partial charge >= 0.3 is 17.9 Å². The maximum Gasteiger partial charge on any atom is 0.306 e. The van der Waals surface area contributed by atoms with Crippen LogP contribution in [0.4, 0.5) is 0 Å². The molecule has 6 heteroatoms. The summed E-state index contributed by atoms with van der Waals surface area (Å²) in [5.41, 5.74) is 0. The molecule has 0 spiro atoms. The van der Waals surface area contributed by atoms with Crippen molar-refractivity contribution >= 4 is 17.9 Å². The first-order valence-electron chi connectivity index (χ1n) is 29.5. The molecule has 0 fully saturated rings. The quantitative estimate of drug-likeness (QED) is 0.0262. The second kappa shape index (κ2) is 56.2. The summed E-state index contributed by atoms with van der Waals surface area (Å²) in [6.07, 6.45) is 67.4. The summed E-state index contributed by atoms with van der Waals surface area (Å²) in [4.78, 5) is 37.9. The molecule has 0 aromatic heterocycles. The van der Waals surface area contributed by atoms with Crippen LogP contribution < -0.4 is 0 Å². The van der Waals surface area contributed by atoms with E-state index in [2.05, 4.69) is 57.2 Å². The zero-order valence-electron chi connectivity index (χ0n) is 44.9. The molecule has 0 aliphatic heterocycles. The van der Waals surface area contributed by atoms with Crippen molar-refractivity contribution in [1.82, 2.24) is 0 Å². The Bertz CT molecular complexity index is 1130. The average Bonchev–Trinajstić information content (AvgIpc) is 3.33. The van der Waals surface area contributed by atoms with Gasteiger partial charge in [0.2, 0.25) is 0 Å². The van der Waals surface area contributed by atoms with E-state index in [1.54, 1.807) is 0 Å². The molecule has 0 N–H and O–H groups in total. The zero-order chi connectivity index (χ0) is 48.6. The van der Waals surface area contributed by atoms with Gasteiger partial charge in [0.1, 0.15) is 13.2 Å². The molecule has 0 aromatic carbocycles. The third-order valence-corrected chi connectivity index (χ3v) is 13.1. The maximum absolute atomic E-state index is 12.8. The molecule has 0 amide bonds. The van der Waals surface area contributed by atoms with Crippen molar-refractivity contribution in [2.45, 2.75) is 322 Å². The molecule has 0 bridgehead atoms. The van der Waals surface area contributed by atoms with Gasteiger partial charge in [0.25, 0.3) is 0 Å². The third kappa shape index (κ3) is 54.4. The molecule has 0 rings (SSSR count). The predicted octanol–water partition coefficient (Wildman–Crippen LogP) is 19.7. The van der Waals surface area contributed by atoms with Crippen molar-refractivity contribution in [3.63, 3.8) is 0 Å². The van der Waals surface area contributed by atoms with Gasteiger partial charge in [0.05, 0.1) is 0 Å². The fourth-order valence-corrected chi connectivity index (χ4v) is 8.69. The predicted molar refractivity (Wildman–Crippen MR) is 289 cm³/mol. The lowest BCUT2D eigenvalue weighted by Crippen LogP contribution is -2.30. The fourth-order valence-electron chi connectivity index (χ4n) is 8.69. The highest BCUT2D eigenvalue weighted by molar-refractivity contribution is 5.71. The second-order valence-corrected chi connectivity index (χ2v) is 19.9. The van der Waals surface area contributed by atoms with Crippen LogP contribution in [0.5, 0.6) is 0 Å². The van der Waals surface area contributed by atoms with E-state index in [0.717, 1.165) is 70.6 Å². The van der Waals surface area contributed by atoms with Gasteiger partial charge in [-0.15, -0.1) is 0 Å². The van der Waals surface area contributed by atoms with Crippen LogP contribution in [0.3, 0.4) is 0 Å². The largest absolute Gasteiger partial charge is 0.462 e. The van der Waals surface area contributed by atoms with Gasteiger partial charge in [-0.3, -0.25) is 14.4 Å². The molecule has 6 nitrogen and oxygen atoms in total. The number of carbonyl (C=O) groups excluding carboxylic acids is 3. The fraction of sp³-hybridized carbons (Fsp3) is 0.852. The lowest BCUT2D eigenvalue weighted by molar-refractivity contribution is -0.167. The summed E-state index contributed by atoms with van der Waals surface area (Å²) < 4.78 is 16.8. The summed E-state index contributed by atoms with van der Waals surface area (Å²) in [6.45, 7) is 6.62. The van der Waals surface area contributed by atoms with Gasteiger partial charge in [-0.25, -0.2) is 0 Å². The molecule has 0 saturated heterocycles. The molecule has 1 unspecified atom stereocenters. The van der Waals surface area contributed by atoms with Gasteiger partial charge < -0.3 is 14.2 Å².